The molecule has 6 unspecified atom stereocenters. The molecule has 310 valence electrons. The summed E-state index contributed by atoms with van der Waals surface area (Å²) in [5, 5.41) is 19.4. The number of para-hydroxylation sites is 1. The second-order valence-corrected chi connectivity index (χ2v) is 17.7. The number of nitrogens with zero attached hydrogens (tertiary/aromatic N) is 6. The number of aromatic hydroxyl groups is 1. The van der Waals surface area contributed by atoms with E-state index in [9.17, 15) is 32.7 Å². The fourth-order valence-corrected chi connectivity index (χ4v) is 11.5. The van der Waals surface area contributed by atoms with Crippen molar-refractivity contribution >= 4 is 79.9 Å². The number of anilines is 2. The highest BCUT2D eigenvalue weighted by atomic mass is 35.5. The van der Waals surface area contributed by atoms with Gasteiger partial charge in [0.05, 0.1) is 40.2 Å². The summed E-state index contributed by atoms with van der Waals surface area (Å²) in [6.45, 7) is 3.64. The number of hydrogen-bond acceptors (Lipinski definition) is 10. The predicted molar refractivity (Wildman–Crippen MR) is 218 cm³/mol. The fourth-order valence-electron chi connectivity index (χ4n) is 9.92. The number of pyridine rings is 1. The molecule has 9 rings (SSSR count). The summed E-state index contributed by atoms with van der Waals surface area (Å²) < 4.78 is 49.1. The third-order valence-corrected chi connectivity index (χ3v) is 14.6. The van der Waals surface area contributed by atoms with Gasteiger partial charge in [0.1, 0.15) is 17.2 Å². The maximum Gasteiger partial charge on any atom is 0.433 e. The van der Waals surface area contributed by atoms with Gasteiger partial charge in [-0.2, -0.15) is 23.3 Å². The van der Waals surface area contributed by atoms with Crippen molar-refractivity contribution in [2.24, 2.45) is 36.1 Å². The SMILES string of the molecule is COc1cccc(C2C3=CCC4C(=O)N(N(C)c5nc(C(F)(F)F)ccc5Cl)C(=O)C4C3CC3C(=O)N(c4cc(-c5sc6ccc(Cl)cc6c5C)nn4C)C(=O)C32C)c1O. The van der Waals surface area contributed by atoms with Crippen molar-refractivity contribution in [1.82, 2.24) is 19.8 Å². The van der Waals surface area contributed by atoms with E-state index in [0.29, 0.717) is 22.4 Å². The van der Waals surface area contributed by atoms with Crippen LogP contribution in [-0.2, 0) is 32.4 Å². The molecule has 3 fully saturated rings. The monoisotopic (exact) mass is 878 g/mol. The molecule has 60 heavy (non-hydrogen) atoms. The van der Waals surface area contributed by atoms with Crippen LogP contribution in [0.2, 0.25) is 10.0 Å². The first kappa shape index (κ1) is 40.0. The zero-order chi connectivity index (χ0) is 42.9. The van der Waals surface area contributed by atoms with Crippen LogP contribution in [-0.4, -0.2) is 62.7 Å². The van der Waals surface area contributed by atoms with E-state index in [4.69, 9.17) is 33.0 Å². The maximum atomic E-state index is 15.2. The van der Waals surface area contributed by atoms with Crippen LogP contribution >= 0.6 is 34.5 Å². The van der Waals surface area contributed by atoms with Crippen molar-refractivity contribution in [2.75, 3.05) is 24.1 Å². The molecule has 2 saturated heterocycles. The summed E-state index contributed by atoms with van der Waals surface area (Å²) in [5.41, 5.74) is -0.438. The average molecular weight is 880 g/mol. The topological polar surface area (TPSA) is 138 Å². The number of imide groups is 2. The number of benzene rings is 2. The number of rotatable bonds is 6. The molecular formula is C42H35Cl2F3N6O6S. The number of ether oxygens (including phenoxy) is 1. The third kappa shape index (κ3) is 5.63. The Bertz CT molecular complexity index is 2750. The highest BCUT2D eigenvalue weighted by Gasteiger charge is 2.68. The Morgan fingerprint density at radius 2 is 1.77 bits per heavy atom. The molecule has 2 aliphatic carbocycles. The summed E-state index contributed by atoms with van der Waals surface area (Å²) in [7, 11) is 4.26. The van der Waals surface area contributed by atoms with Crippen LogP contribution in [0.4, 0.5) is 24.8 Å². The molecule has 0 bridgehead atoms. The van der Waals surface area contributed by atoms with Crippen LogP contribution in [0.25, 0.3) is 20.7 Å². The molecule has 3 aromatic heterocycles. The zero-order valence-electron chi connectivity index (χ0n) is 32.5. The second-order valence-electron chi connectivity index (χ2n) is 15.8. The van der Waals surface area contributed by atoms with Gasteiger partial charge in [-0.05, 0) is 80.0 Å². The summed E-state index contributed by atoms with van der Waals surface area (Å²) in [4.78, 5) is 64.5. The van der Waals surface area contributed by atoms with Gasteiger partial charge in [-0.3, -0.25) is 28.9 Å². The number of allylic oxidation sites excluding steroid dienone is 2. The molecule has 2 aliphatic heterocycles. The van der Waals surface area contributed by atoms with Crippen LogP contribution in [0, 0.1) is 36.0 Å². The molecule has 0 spiro atoms. The Balaban J connectivity index is 1.14. The number of hydrazine groups is 1. The lowest BCUT2D eigenvalue weighted by atomic mass is 9.51. The lowest BCUT2D eigenvalue weighted by Crippen LogP contribution is -2.49. The quantitative estimate of drug-likeness (QED) is 0.132. The summed E-state index contributed by atoms with van der Waals surface area (Å²) in [5.74, 6) is -7.70. The summed E-state index contributed by atoms with van der Waals surface area (Å²) >= 11 is 14.1. The minimum Gasteiger partial charge on any atom is -0.504 e. The Kier molecular flexibility index (Phi) is 9.19. The minimum absolute atomic E-state index is 0.0220. The number of thiophene rings is 1. The van der Waals surface area contributed by atoms with Crippen LogP contribution in [0.3, 0.4) is 0 Å². The van der Waals surface area contributed by atoms with Crippen LogP contribution in [0.15, 0.2) is 66.2 Å². The van der Waals surface area contributed by atoms with Gasteiger partial charge in [0.25, 0.3) is 11.8 Å². The Labute approximate surface area is 354 Å². The maximum absolute atomic E-state index is 15.2. The summed E-state index contributed by atoms with van der Waals surface area (Å²) in [6, 6.07) is 13.8. The number of halogens is 5. The van der Waals surface area contributed by atoms with Gasteiger partial charge in [0.15, 0.2) is 17.3 Å². The number of phenols is 1. The zero-order valence-corrected chi connectivity index (χ0v) is 34.9. The van der Waals surface area contributed by atoms with Gasteiger partial charge in [-0.1, -0.05) is 47.0 Å². The largest absolute Gasteiger partial charge is 0.504 e. The molecular weight excluding hydrogens is 844 g/mol. The molecule has 6 atom stereocenters. The van der Waals surface area contributed by atoms with Gasteiger partial charge in [-0.15, -0.1) is 11.3 Å². The molecule has 1 N–H and O–H groups in total. The van der Waals surface area contributed by atoms with Crippen LogP contribution in [0.5, 0.6) is 11.5 Å². The lowest BCUT2D eigenvalue weighted by Gasteiger charge is -2.49. The fraction of sp³-hybridized carbons (Fsp3) is 0.333. The highest BCUT2D eigenvalue weighted by molar-refractivity contribution is 7.22. The number of fused-ring (bicyclic) bond motifs is 5. The van der Waals surface area contributed by atoms with Crippen molar-refractivity contribution < 1.29 is 42.2 Å². The number of aryl methyl sites for hydroxylation is 2. The van der Waals surface area contributed by atoms with Gasteiger partial charge in [0, 0.05) is 41.4 Å². The molecule has 0 radical (unpaired) electrons. The first-order valence-corrected chi connectivity index (χ1v) is 20.5. The summed E-state index contributed by atoms with van der Waals surface area (Å²) in [6.07, 6.45) is -3.02. The molecule has 1 saturated carbocycles. The van der Waals surface area contributed by atoms with Crippen molar-refractivity contribution in [3.63, 3.8) is 0 Å². The van der Waals surface area contributed by atoms with E-state index in [1.165, 1.54) is 30.2 Å². The Morgan fingerprint density at radius 3 is 2.48 bits per heavy atom. The van der Waals surface area contributed by atoms with Crippen LogP contribution < -0.4 is 14.6 Å². The molecule has 12 nitrogen and oxygen atoms in total. The number of aromatic nitrogens is 3. The first-order valence-electron chi connectivity index (χ1n) is 18.9. The van der Waals surface area contributed by atoms with Crippen molar-refractivity contribution in [3.8, 4) is 22.1 Å². The van der Waals surface area contributed by atoms with Gasteiger partial charge < -0.3 is 9.84 Å². The number of hydrogen-bond donors (Lipinski definition) is 1. The van der Waals surface area contributed by atoms with Gasteiger partial charge in [-0.25, -0.2) is 9.88 Å². The third-order valence-electron chi connectivity index (χ3n) is 12.8. The second kappa shape index (κ2) is 13.8. The number of phenolic OH excluding ortho intramolecular Hbond substituents is 1. The number of alkyl halides is 3. The van der Waals surface area contributed by atoms with E-state index in [0.717, 1.165) is 41.5 Å². The Morgan fingerprint density at radius 1 is 1.02 bits per heavy atom. The number of carbonyl (C=O) groups excluding carboxylic acids is 4. The van der Waals surface area contributed by atoms with E-state index in [1.54, 1.807) is 50.4 Å². The number of carbonyl (C=O) groups is 4. The van der Waals surface area contributed by atoms with E-state index >= 15 is 4.79 Å². The Hall–Kier alpha value is -5.45. The van der Waals surface area contributed by atoms with E-state index < -0.39 is 76.3 Å². The highest BCUT2D eigenvalue weighted by Crippen LogP contribution is 2.65. The molecule has 4 aliphatic rings. The molecule has 5 heterocycles. The lowest BCUT2D eigenvalue weighted by molar-refractivity contribution is -0.141. The molecule has 5 aromatic rings. The first-order chi connectivity index (χ1) is 28.4. The van der Waals surface area contributed by atoms with Crippen molar-refractivity contribution in [3.05, 3.63) is 93.1 Å². The number of amides is 4. The van der Waals surface area contributed by atoms with Crippen LogP contribution in [0.1, 0.15) is 42.5 Å². The minimum atomic E-state index is -4.83. The average Bonchev–Trinajstić information content (AvgIpc) is 3.87. The number of methoxy groups -OCH3 is 1. The van der Waals surface area contributed by atoms with E-state index in [2.05, 4.69) is 4.98 Å². The predicted octanol–water partition coefficient (Wildman–Crippen LogP) is 8.33. The van der Waals surface area contributed by atoms with Crippen molar-refractivity contribution in [1.29, 1.82) is 0 Å². The standard InChI is InChI=1S/C42H35Cl2F3N6O6S/c1-18-23-15-19(43)9-13-29(23)60-35(18)27-17-31(50(3)49-27)52-38(56)25-16-24-20(33(41(25,2)40(52)58)22-7-6-8-28(59-5)34(22)54)10-11-21-32(24)39(57)53(37(21)55)51(4)36-26(44)12-14-30(48-36)42(45,46)47/h6-10,12-15,17,21,24-25,32-33,54H,11,16H2,1-5H3. The van der Waals surface area contributed by atoms with E-state index in [-0.39, 0.29) is 40.7 Å². The molecule has 2 aromatic carbocycles. The van der Waals surface area contributed by atoms with E-state index in [1.807, 2.05) is 19.1 Å². The normalized spacial score (nSPS) is 25.2. The van der Waals surface area contributed by atoms with Gasteiger partial charge in [0.2, 0.25) is 11.8 Å². The molecule has 4 amide bonds. The molecule has 18 heteroatoms. The van der Waals surface area contributed by atoms with Gasteiger partial charge >= 0.3 is 6.18 Å². The smallest absolute Gasteiger partial charge is 0.433 e. The van der Waals surface area contributed by atoms with Crippen molar-refractivity contribution in [2.45, 2.75) is 38.8 Å².